The summed E-state index contributed by atoms with van der Waals surface area (Å²) in [6, 6.07) is 20.4. The highest BCUT2D eigenvalue weighted by Crippen LogP contribution is 2.26. The van der Waals surface area contributed by atoms with Crippen molar-refractivity contribution in [3.05, 3.63) is 100 Å². The number of para-hydroxylation sites is 1. The Hall–Kier alpha value is -4.57. The van der Waals surface area contributed by atoms with E-state index in [-0.39, 0.29) is 17.8 Å². The molecule has 1 fully saturated rings. The lowest BCUT2D eigenvalue weighted by molar-refractivity contribution is -0.384. The molecule has 1 aliphatic rings. The fourth-order valence-corrected chi connectivity index (χ4v) is 3.42. The monoisotopic (exact) mass is 460 g/mol. The van der Waals surface area contributed by atoms with Crippen molar-refractivity contribution >= 4 is 29.1 Å². The number of anilines is 1. The smallest absolute Gasteiger partial charge is 0.271 e. The summed E-state index contributed by atoms with van der Waals surface area (Å²) in [5.74, 6) is -0.882. The number of ether oxygens (including phenoxy) is 1. The highest BCUT2D eigenvalue weighted by molar-refractivity contribution is 6.22. The van der Waals surface area contributed by atoms with Gasteiger partial charge in [-0.1, -0.05) is 36.4 Å². The Balaban J connectivity index is 1.33. The Kier molecular flexibility index (Phi) is 6.60. The molecular weight excluding hydrogens is 440 g/mol. The fraction of sp³-hybridized carbons (Fsp3) is 0.125. The Bertz CT molecular complexity index is 1230. The molecule has 1 saturated heterocycles. The van der Waals surface area contributed by atoms with Crippen molar-refractivity contribution in [3.63, 3.8) is 0 Å². The van der Waals surface area contributed by atoms with E-state index >= 15 is 0 Å². The molecule has 172 valence electrons. The molecule has 4 rings (SSSR count). The van der Waals surface area contributed by atoms with Gasteiger partial charge in [-0.15, -0.1) is 0 Å². The van der Waals surface area contributed by atoms with Crippen LogP contribution < -0.4 is 20.5 Å². The molecule has 1 aliphatic heterocycles. The molecule has 10 heteroatoms. The molecule has 0 spiro atoms. The first-order valence-electron chi connectivity index (χ1n) is 10.4. The fourth-order valence-electron chi connectivity index (χ4n) is 3.42. The number of hydrogen-bond donors (Lipinski definition) is 2. The molecule has 10 nitrogen and oxygen atoms in total. The summed E-state index contributed by atoms with van der Waals surface area (Å²) in [6.07, 6.45) is -0.197. The van der Waals surface area contributed by atoms with Crippen LogP contribution in [0.25, 0.3) is 0 Å². The van der Waals surface area contributed by atoms with Crippen molar-refractivity contribution in [1.29, 1.82) is 0 Å². The maximum atomic E-state index is 12.7. The first kappa shape index (κ1) is 22.6. The van der Waals surface area contributed by atoms with Crippen LogP contribution in [0, 0.1) is 10.1 Å². The average Bonchev–Trinajstić information content (AvgIpc) is 3.15. The van der Waals surface area contributed by atoms with Crippen molar-refractivity contribution in [1.82, 2.24) is 10.9 Å². The van der Waals surface area contributed by atoms with E-state index in [1.165, 1.54) is 18.2 Å². The van der Waals surface area contributed by atoms with Crippen LogP contribution in [-0.2, 0) is 16.2 Å². The molecule has 0 saturated carbocycles. The van der Waals surface area contributed by atoms with E-state index in [0.717, 1.165) is 22.3 Å². The number of nitro benzene ring substituents is 1. The van der Waals surface area contributed by atoms with Crippen LogP contribution in [0.4, 0.5) is 11.4 Å². The van der Waals surface area contributed by atoms with Crippen LogP contribution in [0.15, 0.2) is 78.9 Å². The third-order valence-electron chi connectivity index (χ3n) is 5.17. The van der Waals surface area contributed by atoms with Crippen LogP contribution in [-0.4, -0.2) is 28.7 Å². The number of nitro groups is 1. The predicted octanol–water partition coefficient (Wildman–Crippen LogP) is 2.74. The van der Waals surface area contributed by atoms with Crippen LogP contribution in [0.1, 0.15) is 22.3 Å². The summed E-state index contributed by atoms with van der Waals surface area (Å²) in [5.41, 5.74) is 6.12. The lowest BCUT2D eigenvalue weighted by Gasteiger charge is -2.16. The molecule has 34 heavy (non-hydrogen) atoms. The van der Waals surface area contributed by atoms with Gasteiger partial charge < -0.3 is 4.74 Å². The zero-order valence-corrected chi connectivity index (χ0v) is 17.8. The summed E-state index contributed by atoms with van der Waals surface area (Å²) < 4.78 is 5.67. The molecule has 1 atom stereocenters. The Labute approximate surface area is 194 Å². The molecule has 3 aromatic rings. The number of nitrogens with zero attached hydrogens (tertiary/aromatic N) is 2. The number of rotatable bonds is 8. The van der Waals surface area contributed by atoms with Gasteiger partial charge in [0.15, 0.2) is 0 Å². The Morgan fingerprint density at radius 3 is 2.47 bits per heavy atom. The predicted molar refractivity (Wildman–Crippen MR) is 122 cm³/mol. The number of non-ortho nitro benzene ring substituents is 1. The van der Waals surface area contributed by atoms with E-state index in [9.17, 15) is 24.5 Å². The maximum absolute atomic E-state index is 12.7. The second-order valence-electron chi connectivity index (χ2n) is 7.50. The van der Waals surface area contributed by atoms with Gasteiger partial charge in [-0.2, -0.15) is 0 Å². The first-order chi connectivity index (χ1) is 16.4. The molecular formula is C24H20N4O6. The Morgan fingerprint density at radius 1 is 1.03 bits per heavy atom. The number of carbonyl (C=O) groups excluding carboxylic acids is 3. The highest BCUT2D eigenvalue weighted by atomic mass is 16.6. The van der Waals surface area contributed by atoms with Gasteiger partial charge in [0.05, 0.1) is 17.0 Å². The lowest BCUT2D eigenvalue weighted by atomic mass is 10.1. The number of hydrazine groups is 1. The van der Waals surface area contributed by atoms with Gasteiger partial charge >= 0.3 is 0 Å². The molecule has 3 aromatic carbocycles. The van der Waals surface area contributed by atoms with E-state index < -0.39 is 28.7 Å². The quantitative estimate of drug-likeness (QED) is 0.300. The minimum atomic E-state index is -0.991. The molecule has 0 aromatic heterocycles. The first-order valence-corrected chi connectivity index (χ1v) is 10.4. The normalized spacial score (nSPS) is 15.3. The van der Waals surface area contributed by atoms with Gasteiger partial charge in [-0.05, 0) is 35.9 Å². The number of carbonyl (C=O) groups is 3. The van der Waals surface area contributed by atoms with Gasteiger partial charge in [0.25, 0.3) is 17.5 Å². The van der Waals surface area contributed by atoms with Crippen LogP contribution >= 0.6 is 0 Å². The number of amides is 3. The van der Waals surface area contributed by atoms with Crippen molar-refractivity contribution in [2.75, 3.05) is 4.90 Å². The van der Waals surface area contributed by atoms with Crippen molar-refractivity contribution in [3.8, 4) is 5.75 Å². The minimum absolute atomic E-state index is 0.105. The molecule has 0 bridgehead atoms. The molecule has 0 unspecified atom stereocenters. The number of nitrogens with one attached hydrogen (secondary N) is 2. The molecule has 0 aliphatic carbocycles. The van der Waals surface area contributed by atoms with E-state index in [2.05, 4.69) is 10.9 Å². The van der Waals surface area contributed by atoms with E-state index in [4.69, 9.17) is 4.74 Å². The zero-order valence-electron chi connectivity index (χ0n) is 17.8. The SMILES string of the molecule is O=C(NN[C@@H]1CC(=O)N(c2cccc([N+](=O)[O-])c2)C1=O)c1ccc(COc2ccccc2)cc1. The third kappa shape index (κ3) is 5.08. The van der Waals surface area contributed by atoms with Crippen molar-refractivity contribution in [2.45, 2.75) is 19.1 Å². The lowest BCUT2D eigenvalue weighted by Crippen LogP contribution is -2.48. The number of benzene rings is 3. The van der Waals surface area contributed by atoms with E-state index in [1.807, 2.05) is 30.3 Å². The van der Waals surface area contributed by atoms with Gasteiger partial charge in [0.1, 0.15) is 18.4 Å². The molecule has 0 radical (unpaired) electrons. The summed E-state index contributed by atoms with van der Waals surface area (Å²) in [5, 5.41) is 11.0. The topological polar surface area (TPSA) is 131 Å². The summed E-state index contributed by atoms with van der Waals surface area (Å²) in [7, 11) is 0. The van der Waals surface area contributed by atoms with Gasteiger partial charge in [-0.25, -0.2) is 10.3 Å². The van der Waals surface area contributed by atoms with Crippen molar-refractivity contribution in [2.24, 2.45) is 0 Å². The van der Waals surface area contributed by atoms with Crippen LogP contribution in [0.5, 0.6) is 5.75 Å². The van der Waals surface area contributed by atoms with Crippen molar-refractivity contribution < 1.29 is 24.0 Å². The summed E-state index contributed by atoms with van der Waals surface area (Å²) in [4.78, 5) is 48.8. The zero-order chi connectivity index (χ0) is 24.1. The third-order valence-corrected chi connectivity index (χ3v) is 5.17. The summed E-state index contributed by atoms with van der Waals surface area (Å²) >= 11 is 0. The van der Waals surface area contributed by atoms with Crippen LogP contribution in [0.2, 0.25) is 0 Å². The maximum Gasteiger partial charge on any atom is 0.271 e. The largest absolute Gasteiger partial charge is 0.489 e. The van der Waals surface area contributed by atoms with E-state index in [1.54, 1.807) is 24.3 Å². The minimum Gasteiger partial charge on any atom is -0.489 e. The highest BCUT2D eigenvalue weighted by Gasteiger charge is 2.40. The molecule has 2 N–H and O–H groups in total. The number of hydrogen-bond acceptors (Lipinski definition) is 7. The second-order valence-corrected chi connectivity index (χ2v) is 7.50. The van der Waals surface area contributed by atoms with Gasteiger partial charge in [0, 0.05) is 17.7 Å². The molecule has 3 amide bonds. The van der Waals surface area contributed by atoms with E-state index in [0.29, 0.717) is 12.2 Å². The molecule has 1 heterocycles. The summed E-state index contributed by atoms with van der Waals surface area (Å²) in [6.45, 7) is 0.344. The Morgan fingerprint density at radius 2 is 1.76 bits per heavy atom. The number of imide groups is 1. The average molecular weight is 460 g/mol. The standard InChI is InChI=1S/C24H20N4O6/c29-22-14-21(24(31)27(22)18-5-4-6-19(13-18)28(32)33)25-26-23(30)17-11-9-16(10-12-17)15-34-20-7-2-1-3-8-20/h1-13,21,25H,14-15H2,(H,26,30)/t21-/m1/s1. The van der Waals surface area contributed by atoms with Gasteiger partial charge in [-0.3, -0.25) is 29.9 Å². The second kappa shape index (κ2) is 9.92. The van der Waals surface area contributed by atoms with Crippen LogP contribution in [0.3, 0.4) is 0 Å². The van der Waals surface area contributed by atoms with Gasteiger partial charge in [0.2, 0.25) is 5.91 Å².